The smallest absolute Gasteiger partial charge is 0.410 e. The number of carbonyl (C=O) groups excluding carboxylic acids is 1. The van der Waals surface area contributed by atoms with Gasteiger partial charge in [0.2, 0.25) is 0 Å². The first kappa shape index (κ1) is 22.1. The van der Waals surface area contributed by atoms with Crippen molar-refractivity contribution >= 4 is 17.5 Å². The second kappa shape index (κ2) is 8.78. The number of hydrogen-bond donors (Lipinski definition) is 0. The number of nitro benzene ring substituents is 1. The van der Waals surface area contributed by atoms with Crippen molar-refractivity contribution in [2.45, 2.75) is 39.3 Å². The van der Waals surface area contributed by atoms with E-state index in [9.17, 15) is 14.9 Å². The largest absolute Gasteiger partial charge is 0.444 e. The molecule has 170 valence electrons. The Hall–Kier alpha value is -3.13. The number of ether oxygens (including phenoxy) is 2. The number of rotatable bonds is 3. The van der Waals surface area contributed by atoms with E-state index in [2.05, 4.69) is 17.0 Å². The fourth-order valence-electron chi connectivity index (χ4n) is 4.19. The molecule has 0 atom stereocenters. The van der Waals surface area contributed by atoms with E-state index in [4.69, 9.17) is 9.47 Å². The molecule has 0 spiro atoms. The molecule has 0 N–H and O–H groups in total. The first-order chi connectivity index (χ1) is 15.2. The highest BCUT2D eigenvalue weighted by Gasteiger charge is 2.29. The van der Waals surface area contributed by atoms with Crippen molar-refractivity contribution < 1.29 is 19.2 Å². The van der Waals surface area contributed by atoms with Crippen molar-refractivity contribution in [3.63, 3.8) is 0 Å². The average Bonchev–Trinajstić information content (AvgIpc) is 2.77. The van der Waals surface area contributed by atoms with Crippen LogP contribution in [0, 0.1) is 10.1 Å². The van der Waals surface area contributed by atoms with Crippen molar-refractivity contribution in [3.8, 4) is 11.1 Å². The average molecular weight is 440 g/mol. The predicted octanol–water partition coefficient (Wildman–Crippen LogP) is 4.39. The summed E-state index contributed by atoms with van der Waals surface area (Å²) in [7, 11) is 0. The monoisotopic (exact) mass is 439 g/mol. The molecule has 2 aliphatic heterocycles. The molecule has 0 radical (unpaired) electrons. The number of anilines is 1. The van der Waals surface area contributed by atoms with E-state index in [1.807, 2.05) is 20.8 Å². The molecule has 2 aromatic carbocycles. The van der Waals surface area contributed by atoms with Gasteiger partial charge in [0.05, 0.1) is 18.1 Å². The minimum absolute atomic E-state index is 0.0659. The minimum atomic E-state index is -0.545. The highest BCUT2D eigenvalue weighted by Crippen LogP contribution is 2.36. The topological polar surface area (TPSA) is 85.1 Å². The highest BCUT2D eigenvalue weighted by molar-refractivity contribution is 5.75. The highest BCUT2D eigenvalue weighted by atomic mass is 16.6. The number of nitrogens with zero attached hydrogens (tertiary/aromatic N) is 3. The number of carbonyl (C=O) groups is 1. The van der Waals surface area contributed by atoms with E-state index >= 15 is 0 Å². The zero-order chi connectivity index (χ0) is 22.9. The zero-order valence-corrected chi connectivity index (χ0v) is 18.8. The molecule has 8 nitrogen and oxygen atoms in total. The van der Waals surface area contributed by atoms with Gasteiger partial charge in [-0.3, -0.25) is 10.1 Å². The van der Waals surface area contributed by atoms with Crippen LogP contribution in [0.5, 0.6) is 0 Å². The molecule has 0 aliphatic carbocycles. The molecule has 32 heavy (non-hydrogen) atoms. The molecule has 2 heterocycles. The van der Waals surface area contributed by atoms with Crippen molar-refractivity contribution in [3.05, 3.63) is 57.6 Å². The lowest BCUT2D eigenvalue weighted by atomic mass is 9.92. The Morgan fingerprint density at radius 1 is 1.06 bits per heavy atom. The van der Waals surface area contributed by atoms with E-state index in [1.54, 1.807) is 17.0 Å². The first-order valence-corrected chi connectivity index (χ1v) is 10.9. The Balaban J connectivity index is 1.70. The molecule has 2 aromatic rings. The van der Waals surface area contributed by atoms with Gasteiger partial charge in [-0.05, 0) is 73.7 Å². The summed E-state index contributed by atoms with van der Waals surface area (Å²) in [4.78, 5) is 27.4. The summed E-state index contributed by atoms with van der Waals surface area (Å²) in [5.74, 6) is 0. The fraction of sp³-hybridized carbons (Fsp3) is 0.458. The SMILES string of the molecule is CC(C)(C)OC(=O)N1CCc2c(cc(-c3ccc([N+](=O)[O-])cc3)cc2N2CCOCC2)C1. The lowest BCUT2D eigenvalue weighted by Crippen LogP contribution is -2.41. The Morgan fingerprint density at radius 3 is 2.38 bits per heavy atom. The molecule has 4 rings (SSSR count). The Morgan fingerprint density at radius 2 is 1.75 bits per heavy atom. The third-order valence-corrected chi connectivity index (χ3v) is 5.73. The number of morpholine rings is 1. The summed E-state index contributed by atoms with van der Waals surface area (Å²) in [6.45, 7) is 9.67. The molecule has 8 heteroatoms. The maximum absolute atomic E-state index is 12.7. The molecule has 0 aromatic heterocycles. The molecular formula is C24H29N3O5. The minimum Gasteiger partial charge on any atom is -0.444 e. The number of non-ortho nitro benzene ring substituents is 1. The molecule has 1 amide bonds. The van der Waals surface area contributed by atoms with E-state index in [0.717, 1.165) is 41.9 Å². The van der Waals surface area contributed by atoms with Crippen molar-refractivity contribution in [2.75, 3.05) is 37.7 Å². The first-order valence-electron chi connectivity index (χ1n) is 10.9. The second-order valence-electron chi connectivity index (χ2n) is 9.19. The van der Waals surface area contributed by atoms with Crippen LogP contribution < -0.4 is 4.90 Å². The maximum atomic E-state index is 12.7. The van der Waals surface area contributed by atoms with E-state index in [1.165, 1.54) is 17.7 Å². The summed E-state index contributed by atoms with van der Waals surface area (Å²) in [5, 5.41) is 11.0. The summed E-state index contributed by atoms with van der Waals surface area (Å²) < 4.78 is 11.1. The summed E-state index contributed by atoms with van der Waals surface area (Å²) >= 11 is 0. The molecule has 1 fully saturated rings. The number of benzene rings is 2. The van der Waals surface area contributed by atoms with Crippen LogP contribution >= 0.6 is 0 Å². The Kier molecular flexibility index (Phi) is 6.06. The van der Waals surface area contributed by atoms with Crippen LogP contribution in [0.2, 0.25) is 0 Å². The van der Waals surface area contributed by atoms with E-state index < -0.39 is 10.5 Å². The molecule has 2 aliphatic rings. The number of hydrogen-bond acceptors (Lipinski definition) is 6. The van der Waals surface area contributed by atoms with Crippen LogP contribution in [0.15, 0.2) is 36.4 Å². The van der Waals surface area contributed by atoms with Gasteiger partial charge in [-0.15, -0.1) is 0 Å². The van der Waals surface area contributed by atoms with Crippen LogP contribution in [0.25, 0.3) is 11.1 Å². The van der Waals surface area contributed by atoms with Crippen molar-refractivity contribution in [2.24, 2.45) is 0 Å². The van der Waals surface area contributed by atoms with Gasteiger partial charge in [0.1, 0.15) is 5.60 Å². The van der Waals surface area contributed by atoms with Gasteiger partial charge >= 0.3 is 6.09 Å². The molecule has 0 bridgehead atoms. The van der Waals surface area contributed by atoms with Gasteiger partial charge in [-0.25, -0.2) is 4.79 Å². The summed E-state index contributed by atoms with van der Waals surface area (Å²) in [5.41, 5.74) is 4.89. The summed E-state index contributed by atoms with van der Waals surface area (Å²) in [6.07, 6.45) is 0.443. The molecule has 0 unspecified atom stereocenters. The third kappa shape index (κ3) is 4.85. The van der Waals surface area contributed by atoms with Gasteiger partial charge in [0.15, 0.2) is 0 Å². The zero-order valence-electron chi connectivity index (χ0n) is 18.8. The molecule has 0 saturated carbocycles. The number of fused-ring (bicyclic) bond motifs is 1. The maximum Gasteiger partial charge on any atom is 0.410 e. The molecular weight excluding hydrogens is 410 g/mol. The van der Waals surface area contributed by atoms with Crippen LogP contribution in [0.4, 0.5) is 16.2 Å². The van der Waals surface area contributed by atoms with Crippen LogP contribution in [0.1, 0.15) is 31.9 Å². The van der Waals surface area contributed by atoms with Crippen molar-refractivity contribution in [1.82, 2.24) is 4.90 Å². The van der Waals surface area contributed by atoms with Gasteiger partial charge in [0, 0.05) is 44.0 Å². The fourth-order valence-corrected chi connectivity index (χ4v) is 4.19. The van der Waals surface area contributed by atoms with E-state index in [0.29, 0.717) is 26.3 Å². The number of nitro groups is 1. The second-order valence-corrected chi connectivity index (χ2v) is 9.19. The predicted molar refractivity (Wildman–Crippen MR) is 122 cm³/mol. The quantitative estimate of drug-likeness (QED) is 0.521. The van der Waals surface area contributed by atoms with Gasteiger partial charge < -0.3 is 19.3 Å². The van der Waals surface area contributed by atoms with Gasteiger partial charge in [-0.2, -0.15) is 0 Å². The Labute approximate surface area is 187 Å². The lowest BCUT2D eigenvalue weighted by Gasteiger charge is -2.36. The van der Waals surface area contributed by atoms with E-state index in [-0.39, 0.29) is 11.8 Å². The lowest BCUT2D eigenvalue weighted by molar-refractivity contribution is -0.384. The summed E-state index contributed by atoms with van der Waals surface area (Å²) in [6, 6.07) is 10.9. The Bertz CT molecular complexity index is 1010. The standard InChI is InChI=1S/C24H29N3O5/c1-24(2,3)32-23(28)26-9-8-21-19(16-26)14-18(15-22(21)25-10-12-31-13-11-25)17-4-6-20(7-5-17)27(29)30/h4-7,14-15H,8-13,16H2,1-3H3. The van der Waals surface area contributed by atoms with Crippen LogP contribution in [-0.2, 0) is 22.4 Å². The van der Waals surface area contributed by atoms with Gasteiger partial charge in [-0.1, -0.05) is 0 Å². The van der Waals surface area contributed by atoms with Crippen LogP contribution in [-0.4, -0.2) is 54.4 Å². The van der Waals surface area contributed by atoms with Gasteiger partial charge in [0.25, 0.3) is 5.69 Å². The molecule has 1 saturated heterocycles. The van der Waals surface area contributed by atoms with Crippen LogP contribution in [0.3, 0.4) is 0 Å². The number of amides is 1. The normalized spacial score (nSPS) is 16.5. The third-order valence-electron chi connectivity index (χ3n) is 5.73. The van der Waals surface area contributed by atoms with Crippen molar-refractivity contribution in [1.29, 1.82) is 0 Å².